The van der Waals surface area contributed by atoms with E-state index >= 15 is 0 Å². The van der Waals surface area contributed by atoms with Crippen molar-refractivity contribution in [3.05, 3.63) is 69.2 Å². The van der Waals surface area contributed by atoms with E-state index in [1.807, 2.05) is 35.2 Å². The fraction of sp³-hybridized carbons (Fsp3) is 0.333. The first-order valence-electron chi connectivity index (χ1n) is 9.08. The molecule has 1 aliphatic heterocycles. The largest absolute Gasteiger partial charge is 0.352 e. The predicted molar refractivity (Wildman–Crippen MR) is 108 cm³/mol. The first-order chi connectivity index (χ1) is 13.0. The maximum absolute atomic E-state index is 12.2. The number of halogens is 2. The van der Waals surface area contributed by atoms with Gasteiger partial charge in [0.15, 0.2) is 0 Å². The van der Waals surface area contributed by atoms with Crippen LogP contribution < -0.4 is 5.32 Å². The number of hydrogen-bond acceptors (Lipinski definition) is 2. The van der Waals surface area contributed by atoms with Gasteiger partial charge in [0.25, 0.3) is 0 Å². The molecule has 0 aliphatic carbocycles. The summed E-state index contributed by atoms with van der Waals surface area (Å²) in [5.41, 5.74) is 3.02. The number of benzene rings is 2. The molecule has 0 aromatic heterocycles. The van der Waals surface area contributed by atoms with E-state index in [1.54, 1.807) is 12.1 Å². The summed E-state index contributed by atoms with van der Waals surface area (Å²) in [5.74, 6) is 0.168. The lowest BCUT2D eigenvalue weighted by Crippen LogP contribution is -2.27. The van der Waals surface area contributed by atoms with Crippen LogP contribution in [0.15, 0.2) is 42.5 Å². The molecule has 2 amide bonds. The van der Waals surface area contributed by atoms with Crippen molar-refractivity contribution in [2.24, 2.45) is 0 Å². The lowest BCUT2D eigenvalue weighted by atomic mass is 10.1. The van der Waals surface area contributed by atoms with E-state index in [1.165, 1.54) is 0 Å². The SMILES string of the molecule is O=C(CCc1ccc(Cl)cc1Cl)NCc1ccccc1CN1CCCC1=O. The number of amides is 2. The van der Waals surface area contributed by atoms with Crippen LogP contribution in [0.4, 0.5) is 0 Å². The van der Waals surface area contributed by atoms with Crippen LogP contribution in [0.25, 0.3) is 0 Å². The smallest absolute Gasteiger partial charge is 0.222 e. The Kier molecular flexibility index (Phi) is 6.75. The second kappa shape index (κ2) is 9.25. The first-order valence-corrected chi connectivity index (χ1v) is 9.83. The number of rotatable bonds is 7. The van der Waals surface area contributed by atoms with Crippen molar-refractivity contribution >= 4 is 35.0 Å². The van der Waals surface area contributed by atoms with Crippen molar-refractivity contribution in [3.8, 4) is 0 Å². The number of nitrogens with one attached hydrogen (secondary N) is 1. The summed E-state index contributed by atoms with van der Waals surface area (Å²) in [4.78, 5) is 26.0. The third kappa shape index (κ3) is 5.47. The highest BCUT2D eigenvalue weighted by Gasteiger charge is 2.20. The zero-order valence-corrected chi connectivity index (χ0v) is 16.5. The van der Waals surface area contributed by atoms with Crippen LogP contribution in [0.5, 0.6) is 0 Å². The van der Waals surface area contributed by atoms with Gasteiger partial charge in [-0.05, 0) is 41.7 Å². The zero-order chi connectivity index (χ0) is 19.2. The minimum Gasteiger partial charge on any atom is -0.352 e. The van der Waals surface area contributed by atoms with Gasteiger partial charge in [-0.3, -0.25) is 9.59 Å². The lowest BCUT2D eigenvalue weighted by molar-refractivity contribution is -0.128. The number of carbonyl (C=O) groups excluding carboxylic acids is 2. The van der Waals surface area contributed by atoms with Crippen molar-refractivity contribution in [3.63, 3.8) is 0 Å². The van der Waals surface area contributed by atoms with Gasteiger partial charge >= 0.3 is 0 Å². The van der Waals surface area contributed by atoms with Crippen molar-refractivity contribution in [1.82, 2.24) is 10.2 Å². The average Bonchev–Trinajstić information content (AvgIpc) is 3.05. The maximum Gasteiger partial charge on any atom is 0.222 e. The topological polar surface area (TPSA) is 49.4 Å². The first kappa shape index (κ1) is 19.7. The van der Waals surface area contributed by atoms with E-state index in [9.17, 15) is 9.59 Å². The van der Waals surface area contributed by atoms with E-state index in [-0.39, 0.29) is 11.8 Å². The maximum atomic E-state index is 12.2. The van der Waals surface area contributed by atoms with Gasteiger partial charge in [0.1, 0.15) is 0 Å². The number of aryl methyl sites for hydroxylation is 1. The van der Waals surface area contributed by atoms with Gasteiger partial charge in [0.2, 0.25) is 11.8 Å². The summed E-state index contributed by atoms with van der Waals surface area (Å²) in [6.07, 6.45) is 2.47. The lowest BCUT2D eigenvalue weighted by Gasteiger charge is -2.18. The molecule has 0 saturated carbocycles. The number of hydrogen-bond donors (Lipinski definition) is 1. The van der Waals surface area contributed by atoms with E-state index in [2.05, 4.69) is 5.32 Å². The molecule has 1 fully saturated rings. The average molecular weight is 405 g/mol. The molecular formula is C21H22Cl2N2O2. The zero-order valence-electron chi connectivity index (χ0n) is 15.0. The molecule has 0 bridgehead atoms. The van der Waals surface area contributed by atoms with Crippen LogP contribution in [0.2, 0.25) is 10.0 Å². The highest BCUT2D eigenvalue weighted by atomic mass is 35.5. The van der Waals surface area contributed by atoms with Gasteiger partial charge < -0.3 is 10.2 Å². The molecule has 1 saturated heterocycles. The fourth-order valence-corrected chi connectivity index (χ4v) is 3.72. The summed E-state index contributed by atoms with van der Waals surface area (Å²) in [7, 11) is 0. The van der Waals surface area contributed by atoms with Gasteiger partial charge in [0, 0.05) is 42.5 Å². The summed E-state index contributed by atoms with van der Waals surface area (Å²) in [5, 5.41) is 4.13. The van der Waals surface area contributed by atoms with Gasteiger partial charge in [-0.2, -0.15) is 0 Å². The van der Waals surface area contributed by atoms with Crippen molar-refractivity contribution in [2.45, 2.75) is 38.8 Å². The third-order valence-corrected chi connectivity index (χ3v) is 5.35. The standard InChI is InChI=1S/C21H22Cl2N2O2/c22-18-9-7-15(19(23)12-18)8-10-20(26)24-13-16-4-1-2-5-17(16)14-25-11-3-6-21(25)27/h1-2,4-5,7,9,12H,3,6,8,10-11,13-14H2,(H,24,26). The second-order valence-corrected chi connectivity index (χ2v) is 7.54. The number of carbonyl (C=O) groups is 2. The number of nitrogens with zero attached hydrogens (tertiary/aromatic N) is 1. The molecule has 1 heterocycles. The van der Waals surface area contributed by atoms with Crippen LogP contribution >= 0.6 is 23.2 Å². The normalized spacial score (nSPS) is 13.9. The summed E-state index contributed by atoms with van der Waals surface area (Å²) in [6.45, 7) is 1.86. The Morgan fingerprint density at radius 3 is 2.56 bits per heavy atom. The van der Waals surface area contributed by atoms with E-state index < -0.39 is 0 Å². The fourth-order valence-electron chi connectivity index (χ4n) is 3.22. The molecule has 4 nitrogen and oxygen atoms in total. The molecule has 6 heteroatoms. The predicted octanol–water partition coefficient (Wildman–Crippen LogP) is 4.36. The second-order valence-electron chi connectivity index (χ2n) is 6.70. The minimum atomic E-state index is -0.0342. The van der Waals surface area contributed by atoms with Crippen molar-refractivity contribution < 1.29 is 9.59 Å². The molecule has 1 aliphatic rings. The van der Waals surface area contributed by atoms with Crippen molar-refractivity contribution in [1.29, 1.82) is 0 Å². The molecule has 0 spiro atoms. The summed E-state index contributed by atoms with van der Waals surface area (Å²) < 4.78 is 0. The molecule has 0 radical (unpaired) electrons. The Morgan fingerprint density at radius 1 is 1.07 bits per heavy atom. The Hall–Kier alpha value is -2.04. The van der Waals surface area contributed by atoms with Crippen LogP contribution in [0, 0.1) is 0 Å². The molecule has 142 valence electrons. The van der Waals surface area contributed by atoms with Crippen LogP contribution in [0.3, 0.4) is 0 Å². The van der Waals surface area contributed by atoms with E-state index in [0.717, 1.165) is 29.7 Å². The summed E-state index contributed by atoms with van der Waals surface area (Å²) in [6, 6.07) is 13.2. The molecule has 0 unspecified atom stereocenters. The molecule has 2 aromatic rings. The van der Waals surface area contributed by atoms with Crippen LogP contribution in [-0.4, -0.2) is 23.3 Å². The molecular weight excluding hydrogens is 383 g/mol. The molecule has 1 N–H and O–H groups in total. The molecule has 2 aromatic carbocycles. The summed E-state index contributed by atoms with van der Waals surface area (Å²) >= 11 is 12.0. The Bertz CT molecular complexity index is 839. The van der Waals surface area contributed by atoms with Gasteiger partial charge in [0.05, 0.1) is 0 Å². The Balaban J connectivity index is 1.53. The Morgan fingerprint density at radius 2 is 1.85 bits per heavy atom. The highest BCUT2D eigenvalue weighted by molar-refractivity contribution is 6.35. The Labute approximate surface area is 169 Å². The number of likely N-dealkylation sites (tertiary alicyclic amines) is 1. The molecule has 0 atom stereocenters. The van der Waals surface area contributed by atoms with Gasteiger partial charge in [-0.15, -0.1) is 0 Å². The van der Waals surface area contributed by atoms with E-state index in [0.29, 0.717) is 42.4 Å². The quantitative estimate of drug-likeness (QED) is 0.744. The van der Waals surface area contributed by atoms with Crippen LogP contribution in [0.1, 0.15) is 36.0 Å². The van der Waals surface area contributed by atoms with Crippen molar-refractivity contribution in [2.75, 3.05) is 6.54 Å². The van der Waals surface area contributed by atoms with Crippen LogP contribution in [-0.2, 0) is 29.1 Å². The molecule has 3 rings (SSSR count). The monoisotopic (exact) mass is 404 g/mol. The third-order valence-electron chi connectivity index (χ3n) is 4.76. The highest BCUT2D eigenvalue weighted by Crippen LogP contribution is 2.22. The van der Waals surface area contributed by atoms with E-state index in [4.69, 9.17) is 23.2 Å². The minimum absolute atomic E-state index is 0.0342. The van der Waals surface area contributed by atoms with Gasteiger partial charge in [-0.1, -0.05) is 53.5 Å². The van der Waals surface area contributed by atoms with Gasteiger partial charge in [-0.25, -0.2) is 0 Å². The molecule has 27 heavy (non-hydrogen) atoms.